The van der Waals surface area contributed by atoms with Crippen LogP contribution in [0.15, 0.2) is 30.5 Å². The first-order valence-electron chi connectivity index (χ1n) is 8.93. The lowest BCUT2D eigenvalue weighted by molar-refractivity contribution is 0.0198. The van der Waals surface area contributed by atoms with Crippen molar-refractivity contribution < 1.29 is 9.47 Å². The van der Waals surface area contributed by atoms with E-state index in [0.29, 0.717) is 22.5 Å². The van der Waals surface area contributed by atoms with Gasteiger partial charge in [-0.25, -0.2) is 0 Å². The summed E-state index contributed by atoms with van der Waals surface area (Å²) in [7, 11) is 1.59. The molecule has 1 aliphatic rings. The van der Waals surface area contributed by atoms with Gasteiger partial charge >= 0.3 is 0 Å². The number of hydrogen-bond acceptors (Lipinski definition) is 6. The minimum atomic E-state index is 0.284. The molecule has 4 rings (SSSR count). The van der Waals surface area contributed by atoms with Crippen LogP contribution in [-0.2, 0) is 4.74 Å². The van der Waals surface area contributed by atoms with E-state index in [9.17, 15) is 0 Å². The predicted molar refractivity (Wildman–Crippen MR) is 106 cm³/mol. The van der Waals surface area contributed by atoms with Gasteiger partial charge in [0.25, 0.3) is 0 Å². The number of aromatic amines is 1. The third-order valence-corrected chi connectivity index (χ3v) is 5.20. The molecule has 0 spiro atoms. The van der Waals surface area contributed by atoms with Gasteiger partial charge in [0, 0.05) is 25.3 Å². The van der Waals surface area contributed by atoms with Gasteiger partial charge in [-0.15, -0.1) is 0 Å². The van der Waals surface area contributed by atoms with Crippen molar-refractivity contribution in [2.75, 3.05) is 38.7 Å². The number of hydrogen-bond donors (Lipinski definition) is 2. The second-order valence-corrected chi connectivity index (χ2v) is 6.89. The number of morpholine rings is 1. The van der Waals surface area contributed by atoms with Crippen molar-refractivity contribution in [2.45, 2.75) is 13.0 Å². The van der Waals surface area contributed by atoms with E-state index in [-0.39, 0.29) is 6.04 Å². The first-order chi connectivity index (χ1) is 13.2. The summed E-state index contributed by atoms with van der Waals surface area (Å²) < 4.78 is 10.8. The number of methoxy groups -OCH3 is 1. The highest BCUT2D eigenvalue weighted by atomic mass is 35.5. The zero-order chi connectivity index (χ0) is 18.8. The Hall–Kier alpha value is -2.35. The zero-order valence-electron chi connectivity index (χ0n) is 15.3. The molecule has 3 aromatic rings. The monoisotopic (exact) mass is 387 g/mol. The van der Waals surface area contributed by atoms with Crippen molar-refractivity contribution >= 4 is 34.3 Å². The number of aromatic nitrogens is 3. The van der Waals surface area contributed by atoms with E-state index in [1.807, 2.05) is 18.2 Å². The van der Waals surface area contributed by atoms with E-state index in [2.05, 4.69) is 38.2 Å². The number of ether oxygens (including phenoxy) is 2. The maximum Gasteiger partial charge on any atom is 0.232 e. The Bertz CT molecular complexity index is 939. The van der Waals surface area contributed by atoms with Gasteiger partial charge in [-0.1, -0.05) is 17.7 Å². The number of rotatable bonds is 5. The molecule has 142 valence electrons. The van der Waals surface area contributed by atoms with Crippen LogP contribution in [0.4, 0.5) is 11.6 Å². The number of H-pyrrole nitrogens is 1. The van der Waals surface area contributed by atoms with Crippen LogP contribution in [0.25, 0.3) is 11.0 Å². The molecule has 1 aromatic carbocycles. The molecule has 0 radical (unpaired) electrons. The highest BCUT2D eigenvalue weighted by Crippen LogP contribution is 2.31. The van der Waals surface area contributed by atoms with Crippen molar-refractivity contribution in [3.63, 3.8) is 0 Å². The average Bonchev–Trinajstić information content (AvgIpc) is 3.17. The lowest BCUT2D eigenvalue weighted by Crippen LogP contribution is -2.38. The highest BCUT2D eigenvalue weighted by molar-refractivity contribution is 6.33. The molecule has 1 saturated heterocycles. The molecule has 0 aliphatic carbocycles. The molecule has 3 heterocycles. The number of anilines is 2. The summed E-state index contributed by atoms with van der Waals surface area (Å²) in [6.45, 7) is 5.61. The van der Waals surface area contributed by atoms with Gasteiger partial charge in [0.05, 0.1) is 36.4 Å². The third-order valence-electron chi connectivity index (χ3n) is 4.89. The molecule has 27 heavy (non-hydrogen) atoms. The molecule has 0 unspecified atom stereocenters. The van der Waals surface area contributed by atoms with Crippen molar-refractivity contribution in [1.82, 2.24) is 19.9 Å². The second kappa shape index (κ2) is 7.72. The summed E-state index contributed by atoms with van der Waals surface area (Å²) in [5.74, 6) is 0.940. The summed E-state index contributed by atoms with van der Waals surface area (Å²) >= 11 is 6.53. The molecular weight excluding hydrogens is 366 g/mol. The zero-order valence-corrected chi connectivity index (χ0v) is 16.1. The van der Waals surface area contributed by atoms with Gasteiger partial charge in [-0.2, -0.15) is 9.97 Å². The van der Waals surface area contributed by atoms with Crippen LogP contribution in [0.2, 0.25) is 5.02 Å². The smallest absolute Gasteiger partial charge is 0.232 e. The van der Waals surface area contributed by atoms with Gasteiger partial charge in [0.15, 0.2) is 0 Å². The molecule has 1 aliphatic heterocycles. The molecule has 8 heteroatoms. The summed E-state index contributed by atoms with van der Waals surface area (Å²) in [6.07, 6.45) is 1.81. The van der Waals surface area contributed by atoms with Crippen molar-refractivity contribution in [2.24, 2.45) is 0 Å². The Kier molecular flexibility index (Phi) is 5.15. The van der Waals surface area contributed by atoms with Gasteiger partial charge in [0.2, 0.25) is 11.8 Å². The van der Waals surface area contributed by atoms with Gasteiger partial charge in [0.1, 0.15) is 5.65 Å². The standard InChI is InChI=1S/C19H22ClN5O2/c1-12(25-7-9-27-10-8-25)13-3-4-16(15(20)11-13)22-19-23-17-14(5-6-21-17)18(24-19)26-2/h3-6,11-12H,7-10H2,1-2H3,(H2,21,22,23,24)/t12-/m0/s1. The molecule has 1 fully saturated rings. The number of halogens is 1. The minimum absolute atomic E-state index is 0.284. The van der Waals surface area contributed by atoms with Crippen molar-refractivity contribution in [3.8, 4) is 5.88 Å². The molecule has 2 aromatic heterocycles. The molecule has 0 saturated carbocycles. The molecule has 0 bridgehead atoms. The van der Waals surface area contributed by atoms with Crippen molar-refractivity contribution in [1.29, 1.82) is 0 Å². The van der Waals surface area contributed by atoms with Crippen LogP contribution in [-0.4, -0.2) is 53.3 Å². The first kappa shape index (κ1) is 18.0. The quantitative estimate of drug-likeness (QED) is 0.694. The second-order valence-electron chi connectivity index (χ2n) is 6.49. The van der Waals surface area contributed by atoms with Crippen LogP contribution in [0.5, 0.6) is 5.88 Å². The summed E-state index contributed by atoms with van der Waals surface area (Å²) in [5, 5.41) is 4.65. The number of nitrogens with one attached hydrogen (secondary N) is 2. The Labute approximate surface area is 162 Å². The fourth-order valence-corrected chi connectivity index (χ4v) is 3.55. The van der Waals surface area contributed by atoms with Crippen molar-refractivity contribution in [3.05, 3.63) is 41.0 Å². The summed E-state index contributed by atoms with van der Waals surface area (Å²) in [6, 6.07) is 8.20. The average molecular weight is 388 g/mol. The topological polar surface area (TPSA) is 75.3 Å². The Morgan fingerprint density at radius 1 is 1.26 bits per heavy atom. The number of nitrogens with zero attached hydrogens (tertiary/aromatic N) is 3. The maximum atomic E-state index is 6.53. The lowest BCUT2D eigenvalue weighted by Gasteiger charge is -2.32. The molecule has 0 amide bonds. The molecule has 2 N–H and O–H groups in total. The van der Waals surface area contributed by atoms with E-state index in [4.69, 9.17) is 21.1 Å². The fraction of sp³-hybridized carbons (Fsp3) is 0.368. The van der Waals surface area contributed by atoms with E-state index >= 15 is 0 Å². The Morgan fingerprint density at radius 3 is 2.81 bits per heavy atom. The number of benzene rings is 1. The van der Waals surface area contributed by atoms with Crippen LogP contribution in [0.3, 0.4) is 0 Å². The molecular formula is C19H22ClN5O2. The third kappa shape index (κ3) is 3.71. The van der Waals surface area contributed by atoms with E-state index in [1.54, 1.807) is 13.3 Å². The summed E-state index contributed by atoms with van der Waals surface area (Å²) in [5.41, 5.74) is 2.63. The van der Waals surface area contributed by atoms with Gasteiger partial charge < -0.3 is 19.8 Å². The van der Waals surface area contributed by atoms with E-state index in [1.165, 1.54) is 5.56 Å². The van der Waals surface area contributed by atoms with Crippen LogP contribution in [0.1, 0.15) is 18.5 Å². The Balaban J connectivity index is 1.56. The largest absolute Gasteiger partial charge is 0.480 e. The first-order valence-corrected chi connectivity index (χ1v) is 9.31. The summed E-state index contributed by atoms with van der Waals surface area (Å²) in [4.78, 5) is 14.4. The van der Waals surface area contributed by atoms with Gasteiger partial charge in [-0.3, -0.25) is 4.90 Å². The predicted octanol–water partition coefficient (Wildman–Crippen LogP) is 3.76. The normalized spacial score (nSPS) is 16.4. The van der Waals surface area contributed by atoms with Crippen LogP contribution >= 0.6 is 11.6 Å². The molecule has 7 nitrogen and oxygen atoms in total. The highest BCUT2D eigenvalue weighted by Gasteiger charge is 2.19. The Morgan fingerprint density at radius 2 is 2.07 bits per heavy atom. The minimum Gasteiger partial charge on any atom is -0.480 e. The maximum absolute atomic E-state index is 6.53. The lowest BCUT2D eigenvalue weighted by atomic mass is 10.1. The van der Waals surface area contributed by atoms with E-state index < -0.39 is 0 Å². The molecule has 1 atom stereocenters. The van der Waals surface area contributed by atoms with Crippen LogP contribution in [0, 0.1) is 0 Å². The fourth-order valence-electron chi connectivity index (χ4n) is 3.31. The number of fused-ring (bicyclic) bond motifs is 1. The van der Waals surface area contributed by atoms with Crippen LogP contribution < -0.4 is 10.1 Å². The van der Waals surface area contributed by atoms with E-state index in [0.717, 1.165) is 37.4 Å². The SMILES string of the molecule is COc1nc(Nc2ccc([C@H](C)N3CCOCC3)cc2Cl)nc2[nH]ccc12. The van der Waals surface area contributed by atoms with Gasteiger partial charge in [-0.05, 0) is 30.7 Å².